The Morgan fingerprint density at radius 3 is 1.29 bits per heavy atom. The topological polar surface area (TPSA) is 86.4 Å². The maximum absolute atomic E-state index is 9.53. The third-order valence-electron chi connectivity index (χ3n) is 4.44. The SMILES string of the molecule is CCCC[P+](CCCC)(CCCC)CCCC.N[C@@H](CO)C(=O)[O-]. The van der Waals surface area contributed by atoms with Crippen LogP contribution >= 0.6 is 7.26 Å². The Bertz CT molecular complexity index is 250. The van der Waals surface area contributed by atoms with E-state index in [2.05, 4.69) is 27.7 Å². The minimum absolute atomic E-state index is 0.562. The van der Waals surface area contributed by atoms with Gasteiger partial charge in [-0.15, -0.1) is 0 Å². The third-order valence-corrected chi connectivity index (χ3v) is 9.50. The second-order valence-electron chi connectivity index (χ2n) is 6.76. The van der Waals surface area contributed by atoms with Crippen LogP contribution in [0.4, 0.5) is 0 Å². The van der Waals surface area contributed by atoms with Crippen LogP contribution in [-0.4, -0.2) is 48.4 Å². The fourth-order valence-corrected chi connectivity index (χ4v) is 8.01. The van der Waals surface area contributed by atoms with Gasteiger partial charge in [0.2, 0.25) is 0 Å². The zero-order chi connectivity index (χ0) is 18.8. The molecule has 0 heterocycles. The Morgan fingerprint density at radius 1 is 0.875 bits per heavy atom. The summed E-state index contributed by atoms with van der Waals surface area (Å²) in [6.07, 6.45) is 17.9. The molecular weight excluding hydrogens is 321 g/mol. The Balaban J connectivity index is 0. The van der Waals surface area contributed by atoms with Crippen molar-refractivity contribution in [3.63, 3.8) is 0 Å². The summed E-state index contributed by atoms with van der Waals surface area (Å²) in [6, 6.07) is -1.24. The van der Waals surface area contributed by atoms with Gasteiger partial charge in [0.05, 0.1) is 43.3 Å². The quantitative estimate of drug-likeness (QED) is 0.464. The van der Waals surface area contributed by atoms with Gasteiger partial charge in [0.15, 0.2) is 0 Å². The van der Waals surface area contributed by atoms with Crippen molar-refractivity contribution in [2.24, 2.45) is 5.73 Å². The first kappa shape index (κ1) is 26.1. The van der Waals surface area contributed by atoms with Crippen LogP contribution < -0.4 is 10.8 Å². The molecule has 0 aliphatic rings. The molecule has 0 rings (SSSR count). The fourth-order valence-electron chi connectivity index (χ4n) is 2.72. The second-order valence-corrected chi connectivity index (χ2v) is 11.2. The van der Waals surface area contributed by atoms with Gasteiger partial charge in [-0.3, -0.25) is 0 Å². The van der Waals surface area contributed by atoms with Crippen LogP contribution in [0.15, 0.2) is 0 Å². The highest BCUT2D eigenvalue weighted by molar-refractivity contribution is 7.75. The molecule has 1 atom stereocenters. The fraction of sp³-hybridized carbons (Fsp3) is 0.947. The van der Waals surface area contributed by atoms with E-state index in [1.54, 1.807) is 24.6 Å². The van der Waals surface area contributed by atoms with E-state index in [1.807, 2.05) is 0 Å². The summed E-state index contributed by atoms with van der Waals surface area (Å²) in [4.78, 5) is 9.53. The molecule has 3 N–H and O–H groups in total. The van der Waals surface area contributed by atoms with Crippen LogP contribution in [0.5, 0.6) is 0 Å². The number of aliphatic hydroxyl groups excluding tert-OH is 1. The molecule has 0 aliphatic carbocycles. The van der Waals surface area contributed by atoms with Crippen LogP contribution in [0, 0.1) is 0 Å². The first-order valence-corrected chi connectivity index (χ1v) is 12.4. The molecule has 0 saturated carbocycles. The maximum Gasteiger partial charge on any atom is 0.0677 e. The number of hydrogen-bond acceptors (Lipinski definition) is 4. The van der Waals surface area contributed by atoms with E-state index in [0.29, 0.717) is 0 Å². The highest BCUT2D eigenvalue weighted by Gasteiger charge is 2.34. The zero-order valence-electron chi connectivity index (χ0n) is 16.6. The lowest BCUT2D eigenvalue weighted by molar-refractivity contribution is -0.308. The zero-order valence-corrected chi connectivity index (χ0v) is 17.5. The molecule has 0 aromatic heterocycles. The number of carbonyl (C=O) groups excluding carboxylic acids is 1. The number of nitrogens with two attached hydrogens (primary N) is 1. The van der Waals surface area contributed by atoms with Crippen molar-refractivity contribution in [1.82, 2.24) is 0 Å². The summed E-state index contributed by atoms with van der Waals surface area (Å²) >= 11 is 0. The van der Waals surface area contributed by atoms with Crippen LogP contribution in [-0.2, 0) is 4.79 Å². The lowest BCUT2D eigenvalue weighted by atomic mass is 10.3. The molecule has 0 aliphatic heterocycles. The first-order chi connectivity index (χ1) is 11.4. The number of aliphatic hydroxyl groups is 1. The molecule has 0 fully saturated rings. The molecule has 146 valence electrons. The van der Waals surface area contributed by atoms with E-state index in [-0.39, 0.29) is 0 Å². The molecule has 4 nitrogen and oxygen atoms in total. The summed E-state index contributed by atoms with van der Waals surface area (Å²) in [5.41, 5.74) is 4.70. The van der Waals surface area contributed by atoms with Gasteiger partial charge < -0.3 is 20.7 Å². The molecular formula is C19H42NO3P. The standard InChI is InChI=1S/C16H36P.C3H7NO3/c1-5-9-13-17(14-10-6-2,15-11-7-3)16-12-8-4;4-2(1-5)3(6)7/h5-16H2,1-4H3;2,5H,1,4H2,(H,6,7)/q+1;/p-1/t;2-/m.0/s1. The summed E-state index contributed by atoms with van der Waals surface area (Å²) in [7, 11) is -0.562. The summed E-state index contributed by atoms with van der Waals surface area (Å²) in [5, 5.41) is 17.5. The van der Waals surface area contributed by atoms with Crippen molar-refractivity contribution in [3.8, 4) is 0 Å². The van der Waals surface area contributed by atoms with E-state index in [1.165, 1.54) is 51.4 Å². The van der Waals surface area contributed by atoms with Gasteiger partial charge >= 0.3 is 0 Å². The molecule has 0 unspecified atom stereocenters. The van der Waals surface area contributed by atoms with E-state index in [9.17, 15) is 9.90 Å². The van der Waals surface area contributed by atoms with Gasteiger partial charge in [-0.1, -0.05) is 53.4 Å². The smallest absolute Gasteiger partial charge is 0.0677 e. The number of carbonyl (C=O) groups is 1. The Kier molecular flexibility index (Phi) is 19.1. The number of carboxylic acids is 1. The van der Waals surface area contributed by atoms with Crippen LogP contribution in [0.2, 0.25) is 0 Å². The molecule has 24 heavy (non-hydrogen) atoms. The molecule has 0 radical (unpaired) electrons. The van der Waals surface area contributed by atoms with Gasteiger partial charge in [-0.2, -0.15) is 0 Å². The number of rotatable bonds is 14. The molecule has 0 spiro atoms. The lowest BCUT2D eigenvalue weighted by Gasteiger charge is -2.28. The first-order valence-electron chi connectivity index (χ1n) is 9.85. The lowest BCUT2D eigenvalue weighted by Crippen LogP contribution is -2.44. The van der Waals surface area contributed by atoms with E-state index in [4.69, 9.17) is 10.8 Å². The van der Waals surface area contributed by atoms with Crippen molar-refractivity contribution in [3.05, 3.63) is 0 Å². The van der Waals surface area contributed by atoms with Gasteiger partial charge in [0.1, 0.15) is 0 Å². The van der Waals surface area contributed by atoms with Crippen molar-refractivity contribution in [1.29, 1.82) is 0 Å². The predicted octanol–water partition coefficient (Wildman–Crippen LogP) is 3.26. The third kappa shape index (κ3) is 14.2. The van der Waals surface area contributed by atoms with E-state index >= 15 is 0 Å². The van der Waals surface area contributed by atoms with Crippen molar-refractivity contribution < 1.29 is 15.0 Å². The Labute approximate surface area is 150 Å². The van der Waals surface area contributed by atoms with Gasteiger partial charge in [-0.05, 0) is 25.7 Å². The molecule has 0 amide bonds. The Morgan fingerprint density at radius 2 is 1.17 bits per heavy atom. The minimum atomic E-state index is -1.43. The highest BCUT2D eigenvalue weighted by Crippen LogP contribution is 2.61. The molecule has 0 bridgehead atoms. The second kappa shape index (κ2) is 17.6. The Hall–Kier alpha value is -0.180. The van der Waals surface area contributed by atoms with E-state index in [0.717, 1.165) is 0 Å². The average molecular weight is 364 g/mol. The van der Waals surface area contributed by atoms with Crippen molar-refractivity contribution in [2.75, 3.05) is 31.3 Å². The van der Waals surface area contributed by atoms with Crippen molar-refractivity contribution in [2.45, 2.75) is 85.1 Å². The maximum atomic E-state index is 9.53. The molecule has 5 heteroatoms. The van der Waals surface area contributed by atoms with Gasteiger partial charge in [0, 0.05) is 7.26 Å². The van der Waals surface area contributed by atoms with Crippen molar-refractivity contribution >= 4 is 13.2 Å². The van der Waals surface area contributed by atoms with Crippen LogP contribution in [0.1, 0.15) is 79.1 Å². The summed E-state index contributed by atoms with van der Waals surface area (Å²) in [6.45, 7) is 8.85. The number of carboxylic acid groups (broad SMARTS) is 1. The monoisotopic (exact) mass is 363 g/mol. The average Bonchev–Trinajstić information content (AvgIpc) is 2.60. The summed E-state index contributed by atoms with van der Waals surface area (Å²) < 4.78 is 0. The molecule has 0 aromatic rings. The highest BCUT2D eigenvalue weighted by atomic mass is 31.2. The summed E-state index contributed by atoms with van der Waals surface area (Å²) in [5.74, 6) is -1.43. The minimum Gasteiger partial charge on any atom is -0.548 e. The van der Waals surface area contributed by atoms with Crippen LogP contribution in [0.25, 0.3) is 0 Å². The molecule has 0 saturated heterocycles. The number of hydrogen-bond donors (Lipinski definition) is 2. The largest absolute Gasteiger partial charge is 0.548 e. The van der Waals surface area contributed by atoms with Gasteiger partial charge in [0.25, 0.3) is 0 Å². The predicted molar refractivity (Wildman–Crippen MR) is 106 cm³/mol. The van der Waals surface area contributed by atoms with Crippen LogP contribution in [0.3, 0.4) is 0 Å². The molecule has 0 aromatic carbocycles. The number of aliphatic carboxylic acids is 1. The van der Waals surface area contributed by atoms with Gasteiger partial charge in [-0.25, -0.2) is 0 Å². The van der Waals surface area contributed by atoms with E-state index < -0.39 is 25.9 Å². The number of unbranched alkanes of at least 4 members (excludes halogenated alkanes) is 4. The normalized spacial score (nSPS) is 12.4.